The molecule has 1 heterocycles. The molecule has 0 saturated carbocycles. The molecule has 0 bridgehead atoms. The fraction of sp³-hybridized carbons (Fsp3) is 0.917. The summed E-state index contributed by atoms with van der Waals surface area (Å²) in [5.41, 5.74) is 0. The van der Waals surface area contributed by atoms with E-state index in [1.807, 2.05) is 0 Å². The van der Waals surface area contributed by atoms with E-state index in [2.05, 4.69) is 12.2 Å². The Bertz CT molecular complexity index is 176. The lowest BCUT2D eigenvalue weighted by Crippen LogP contribution is -2.27. The van der Waals surface area contributed by atoms with Crippen molar-refractivity contribution >= 4 is 5.91 Å². The second kappa shape index (κ2) is 7.69. The predicted octanol–water partition coefficient (Wildman–Crippen LogP) is 2.11. The highest BCUT2D eigenvalue weighted by Gasteiger charge is 2.13. The van der Waals surface area contributed by atoms with Crippen LogP contribution in [0.15, 0.2) is 0 Å². The van der Waals surface area contributed by atoms with Crippen LogP contribution in [0, 0.1) is 5.92 Å². The first kappa shape index (κ1) is 12.5. The van der Waals surface area contributed by atoms with Gasteiger partial charge in [0, 0.05) is 26.2 Å². The SMILES string of the molecule is CCCCC(=O)NCCC1CCOCC1. The molecule has 0 radical (unpaired) electrons. The minimum absolute atomic E-state index is 0.212. The van der Waals surface area contributed by atoms with E-state index < -0.39 is 0 Å². The third-order valence-corrected chi connectivity index (χ3v) is 2.97. The highest BCUT2D eigenvalue weighted by Crippen LogP contribution is 2.17. The quantitative estimate of drug-likeness (QED) is 0.734. The lowest BCUT2D eigenvalue weighted by Gasteiger charge is -2.21. The maximum atomic E-state index is 11.3. The van der Waals surface area contributed by atoms with Crippen molar-refractivity contribution in [2.45, 2.75) is 45.4 Å². The maximum absolute atomic E-state index is 11.3. The molecule has 3 nitrogen and oxygen atoms in total. The van der Waals surface area contributed by atoms with E-state index in [4.69, 9.17) is 4.74 Å². The summed E-state index contributed by atoms with van der Waals surface area (Å²) in [4.78, 5) is 11.3. The van der Waals surface area contributed by atoms with E-state index in [9.17, 15) is 4.79 Å². The van der Waals surface area contributed by atoms with E-state index >= 15 is 0 Å². The molecule has 3 heteroatoms. The first-order valence-electron chi connectivity index (χ1n) is 6.17. The van der Waals surface area contributed by atoms with Crippen molar-refractivity contribution in [2.24, 2.45) is 5.92 Å². The summed E-state index contributed by atoms with van der Waals surface area (Å²) < 4.78 is 5.29. The van der Waals surface area contributed by atoms with Gasteiger partial charge in [0.2, 0.25) is 5.91 Å². The highest BCUT2D eigenvalue weighted by molar-refractivity contribution is 5.75. The van der Waals surface area contributed by atoms with Gasteiger partial charge >= 0.3 is 0 Å². The van der Waals surface area contributed by atoms with E-state index in [-0.39, 0.29) is 5.91 Å². The fourth-order valence-electron chi connectivity index (χ4n) is 1.88. The zero-order valence-corrected chi connectivity index (χ0v) is 9.76. The Hall–Kier alpha value is -0.570. The third kappa shape index (κ3) is 5.78. The van der Waals surface area contributed by atoms with Crippen LogP contribution in [0.4, 0.5) is 0 Å². The molecule has 15 heavy (non-hydrogen) atoms. The molecule has 1 rings (SSSR count). The number of nitrogens with one attached hydrogen (secondary N) is 1. The van der Waals surface area contributed by atoms with Crippen LogP contribution in [-0.2, 0) is 9.53 Å². The Morgan fingerprint density at radius 2 is 2.13 bits per heavy atom. The average molecular weight is 213 g/mol. The Morgan fingerprint density at radius 3 is 2.80 bits per heavy atom. The van der Waals surface area contributed by atoms with Crippen LogP contribution >= 0.6 is 0 Å². The molecule has 0 atom stereocenters. The highest BCUT2D eigenvalue weighted by atomic mass is 16.5. The summed E-state index contributed by atoms with van der Waals surface area (Å²) in [6.07, 6.45) is 6.21. The van der Waals surface area contributed by atoms with E-state index in [1.54, 1.807) is 0 Å². The number of carbonyl (C=O) groups is 1. The summed E-state index contributed by atoms with van der Waals surface area (Å²) >= 11 is 0. The van der Waals surface area contributed by atoms with Crippen LogP contribution in [0.1, 0.15) is 45.4 Å². The molecule has 1 N–H and O–H groups in total. The number of unbranched alkanes of at least 4 members (excludes halogenated alkanes) is 1. The molecular weight excluding hydrogens is 190 g/mol. The van der Waals surface area contributed by atoms with Gasteiger partial charge in [-0.15, -0.1) is 0 Å². The van der Waals surface area contributed by atoms with Crippen molar-refractivity contribution in [3.8, 4) is 0 Å². The van der Waals surface area contributed by atoms with Crippen LogP contribution in [-0.4, -0.2) is 25.7 Å². The Kier molecular flexibility index (Phi) is 6.41. The zero-order valence-electron chi connectivity index (χ0n) is 9.76. The van der Waals surface area contributed by atoms with Crippen molar-refractivity contribution in [2.75, 3.05) is 19.8 Å². The number of carbonyl (C=O) groups excluding carboxylic acids is 1. The zero-order chi connectivity index (χ0) is 10.9. The summed E-state index contributed by atoms with van der Waals surface area (Å²) in [6, 6.07) is 0. The van der Waals surface area contributed by atoms with Crippen molar-refractivity contribution in [1.29, 1.82) is 0 Å². The Balaban J connectivity index is 1.97. The molecule has 1 saturated heterocycles. The van der Waals surface area contributed by atoms with Gasteiger partial charge in [0.15, 0.2) is 0 Å². The minimum atomic E-state index is 0.212. The van der Waals surface area contributed by atoms with E-state index in [0.717, 1.165) is 57.8 Å². The lowest BCUT2D eigenvalue weighted by molar-refractivity contribution is -0.121. The topological polar surface area (TPSA) is 38.3 Å². The van der Waals surface area contributed by atoms with Crippen molar-refractivity contribution < 1.29 is 9.53 Å². The summed E-state index contributed by atoms with van der Waals surface area (Å²) in [5.74, 6) is 0.967. The summed E-state index contributed by atoms with van der Waals surface area (Å²) in [5, 5.41) is 2.99. The monoisotopic (exact) mass is 213 g/mol. The van der Waals surface area contributed by atoms with Gasteiger partial charge in [0.25, 0.3) is 0 Å². The van der Waals surface area contributed by atoms with Crippen molar-refractivity contribution in [3.05, 3.63) is 0 Å². The van der Waals surface area contributed by atoms with Gasteiger partial charge in [0.1, 0.15) is 0 Å². The van der Waals surface area contributed by atoms with Crippen LogP contribution in [0.25, 0.3) is 0 Å². The molecule has 0 aliphatic carbocycles. The van der Waals surface area contributed by atoms with Crippen LogP contribution in [0.3, 0.4) is 0 Å². The average Bonchev–Trinajstić information content (AvgIpc) is 2.28. The molecule has 1 aliphatic rings. The van der Waals surface area contributed by atoms with Gasteiger partial charge in [-0.3, -0.25) is 4.79 Å². The predicted molar refractivity (Wildman–Crippen MR) is 60.7 cm³/mol. The summed E-state index contributed by atoms with van der Waals surface area (Å²) in [7, 11) is 0. The maximum Gasteiger partial charge on any atom is 0.219 e. The Morgan fingerprint density at radius 1 is 1.40 bits per heavy atom. The van der Waals surface area contributed by atoms with Gasteiger partial charge in [-0.1, -0.05) is 13.3 Å². The van der Waals surface area contributed by atoms with Crippen LogP contribution < -0.4 is 5.32 Å². The molecular formula is C12H23NO2. The molecule has 1 amide bonds. The molecule has 1 aliphatic heterocycles. The molecule has 0 spiro atoms. The van der Waals surface area contributed by atoms with Gasteiger partial charge < -0.3 is 10.1 Å². The molecule has 1 fully saturated rings. The van der Waals surface area contributed by atoms with Gasteiger partial charge in [-0.25, -0.2) is 0 Å². The van der Waals surface area contributed by atoms with Gasteiger partial charge in [-0.2, -0.15) is 0 Å². The Labute approximate surface area is 92.6 Å². The van der Waals surface area contributed by atoms with E-state index in [0.29, 0.717) is 6.42 Å². The van der Waals surface area contributed by atoms with Gasteiger partial charge in [0.05, 0.1) is 0 Å². The first-order valence-corrected chi connectivity index (χ1v) is 6.17. The van der Waals surface area contributed by atoms with Crippen molar-refractivity contribution in [3.63, 3.8) is 0 Å². The summed E-state index contributed by atoms with van der Waals surface area (Å²) in [6.45, 7) is 4.74. The number of hydrogen-bond acceptors (Lipinski definition) is 2. The van der Waals surface area contributed by atoms with Crippen molar-refractivity contribution in [1.82, 2.24) is 5.32 Å². The molecule has 0 aromatic rings. The largest absolute Gasteiger partial charge is 0.381 e. The second-order valence-corrected chi connectivity index (χ2v) is 4.30. The molecule has 0 aromatic heterocycles. The standard InChI is InChI=1S/C12H23NO2/c1-2-3-4-12(14)13-8-5-11-6-9-15-10-7-11/h11H,2-10H2,1H3,(H,13,14). The van der Waals surface area contributed by atoms with Crippen LogP contribution in [0.5, 0.6) is 0 Å². The normalized spacial score (nSPS) is 17.7. The van der Waals surface area contributed by atoms with E-state index in [1.165, 1.54) is 0 Å². The number of hydrogen-bond donors (Lipinski definition) is 1. The minimum Gasteiger partial charge on any atom is -0.381 e. The molecule has 88 valence electrons. The molecule has 0 aromatic carbocycles. The molecule has 0 unspecified atom stereocenters. The first-order chi connectivity index (χ1) is 7.33. The van der Waals surface area contributed by atoms with Gasteiger partial charge in [-0.05, 0) is 31.6 Å². The number of rotatable bonds is 6. The number of ether oxygens (including phenoxy) is 1. The number of amides is 1. The smallest absolute Gasteiger partial charge is 0.219 e. The van der Waals surface area contributed by atoms with Crippen LogP contribution in [0.2, 0.25) is 0 Å². The second-order valence-electron chi connectivity index (χ2n) is 4.30. The fourth-order valence-corrected chi connectivity index (χ4v) is 1.88. The lowest BCUT2D eigenvalue weighted by atomic mass is 9.97. The third-order valence-electron chi connectivity index (χ3n) is 2.97.